The first kappa shape index (κ1) is 16.5. The smallest absolute Gasteiger partial charge is 0.305 e. The van der Waals surface area contributed by atoms with Crippen molar-refractivity contribution in [2.45, 2.75) is 38.4 Å². The number of ether oxygens (including phenoxy) is 1. The summed E-state index contributed by atoms with van der Waals surface area (Å²) in [5.74, 6) is 1.59. The summed E-state index contributed by atoms with van der Waals surface area (Å²) in [7, 11) is 0. The van der Waals surface area contributed by atoms with E-state index < -0.39 is 0 Å². The molecular formula is C16H21N3O2S. The van der Waals surface area contributed by atoms with Gasteiger partial charge in [-0.1, -0.05) is 42.1 Å². The number of aromatic nitrogens is 3. The van der Waals surface area contributed by atoms with E-state index in [0.29, 0.717) is 13.0 Å². The van der Waals surface area contributed by atoms with E-state index >= 15 is 0 Å². The predicted molar refractivity (Wildman–Crippen MR) is 86.9 cm³/mol. The summed E-state index contributed by atoms with van der Waals surface area (Å²) in [4.78, 5) is 11.3. The van der Waals surface area contributed by atoms with Gasteiger partial charge in [-0.05, 0) is 25.8 Å². The zero-order valence-corrected chi connectivity index (χ0v) is 13.8. The van der Waals surface area contributed by atoms with Crippen molar-refractivity contribution in [2.24, 2.45) is 0 Å². The molecule has 0 fully saturated rings. The van der Waals surface area contributed by atoms with Gasteiger partial charge in [-0.3, -0.25) is 4.79 Å². The Morgan fingerprint density at radius 2 is 2.05 bits per heavy atom. The Labute approximate surface area is 135 Å². The second-order valence-electron chi connectivity index (χ2n) is 4.86. The molecule has 0 spiro atoms. The van der Waals surface area contributed by atoms with Gasteiger partial charge in [0.2, 0.25) is 0 Å². The van der Waals surface area contributed by atoms with Crippen molar-refractivity contribution in [3.8, 4) is 0 Å². The Morgan fingerprint density at radius 1 is 1.27 bits per heavy atom. The highest BCUT2D eigenvalue weighted by Crippen LogP contribution is 2.19. The fourth-order valence-corrected chi connectivity index (χ4v) is 2.95. The van der Waals surface area contributed by atoms with Crippen molar-refractivity contribution in [2.75, 3.05) is 12.4 Å². The third-order valence-electron chi connectivity index (χ3n) is 3.15. The summed E-state index contributed by atoms with van der Waals surface area (Å²) >= 11 is 1.63. The van der Waals surface area contributed by atoms with Gasteiger partial charge in [-0.25, -0.2) is 0 Å². The minimum Gasteiger partial charge on any atom is -0.466 e. The SMILES string of the molecule is CCOC(=O)CCCSc1nnc(C)n1Cc1ccccc1. The number of thioether (sulfide) groups is 1. The summed E-state index contributed by atoms with van der Waals surface area (Å²) in [5, 5.41) is 9.27. The fraction of sp³-hybridized carbons (Fsp3) is 0.438. The number of hydrogen-bond donors (Lipinski definition) is 0. The number of hydrogen-bond acceptors (Lipinski definition) is 5. The normalized spacial score (nSPS) is 10.6. The molecule has 6 heteroatoms. The van der Waals surface area contributed by atoms with Crippen LogP contribution in [0.1, 0.15) is 31.2 Å². The van der Waals surface area contributed by atoms with Gasteiger partial charge in [0.1, 0.15) is 5.82 Å². The van der Waals surface area contributed by atoms with Crippen molar-refractivity contribution in [3.63, 3.8) is 0 Å². The predicted octanol–water partition coefficient (Wildman–Crippen LogP) is 3.07. The molecular weight excluding hydrogens is 298 g/mol. The molecule has 118 valence electrons. The average Bonchev–Trinajstić information content (AvgIpc) is 2.86. The highest BCUT2D eigenvalue weighted by Gasteiger charge is 2.10. The van der Waals surface area contributed by atoms with Crippen molar-refractivity contribution in [3.05, 3.63) is 41.7 Å². The van der Waals surface area contributed by atoms with Gasteiger partial charge in [0, 0.05) is 12.2 Å². The first-order valence-corrected chi connectivity index (χ1v) is 8.41. The average molecular weight is 319 g/mol. The molecule has 0 aliphatic heterocycles. The van der Waals surface area contributed by atoms with Gasteiger partial charge in [0.15, 0.2) is 5.16 Å². The summed E-state index contributed by atoms with van der Waals surface area (Å²) in [6.07, 6.45) is 1.23. The van der Waals surface area contributed by atoms with Gasteiger partial charge < -0.3 is 9.30 Å². The van der Waals surface area contributed by atoms with Gasteiger partial charge in [0.25, 0.3) is 0 Å². The van der Waals surface area contributed by atoms with E-state index in [1.165, 1.54) is 5.56 Å². The molecule has 0 bridgehead atoms. The maximum absolute atomic E-state index is 11.3. The second kappa shape index (κ2) is 8.58. The van der Waals surface area contributed by atoms with Crippen LogP contribution in [0, 0.1) is 6.92 Å². The zero-order valence-electron chi connectivity index (χ0n) is 13.0. The van der Waals surface area contributed by atoms with Crippen LogP contribution >= 0.6 is 11.8 Å². The Balaban J connectivity index is 1.88. The Bertz CT molecular complexity index is 599. The molecule has 0 saturated carbocycles. The maximum atomic E-state index is 11.3. The molecule has 5 nitrogen and oxygen atoms in total. The van der Waals surface area contributed by atoms with Gasteiger partial charge >= 0.3 is 5.97 Å². The first-order chi connectivity index (χ1) is 10.7. The van der Waals surface area contributed by atoms with Crippen LogP contribution in [0.25, 0.3) is 0 Å². The van der Waals surface area contributed by atoms with Gasteiger partial charge in [-0.2, -0.15) is 0 Å². The van der Waals surface area contributed by atoms with Crippen molar-refractivity contribution < 1.29 is 9.53 Å². The van der Waals surface area contributed by atoms with Gasteiger partial charge in [-0.15, -0.1) is 10.2 Å². The summed E-state index contributed by atoms with van der Waals surface area (Å²) < 4.78 is 7.02. The number of esters is 1. The minimum absolute atomic E-state index is 0.134. The third-order valence-corrected chi connectivity index (χ3v) is 4.20. The fourth-order valence-electron chi connectivity index (χ4n) is 2.03. The van der Waals surface area contributed by atoms with Crippen LogP contribution in [-0.4, -0.2) is 33.1 Å². The van der Waals surface area contributed by atoms with Crippen LogP contribution in [0.3, 0.4) is 0 Å². The van der Waals surface area contributed by atoms with E-state index in [1.54, 1.807) is 11.8 Å². The van der Waals surface area contributed by atoms with Gasteiger partial charge in [0.05, 0.1) is 13.2 Å². The number of nitrogens with zero attached hydrogens (tertiary/aromatic N) is 3. The molecule has 2 aromatic rings. The Kier molecular flexibility index (Phi) is 6.45. The zero-order chi connectivity index (χ0) is 15.8. The van der Waals surface area contributed by atoms with E-state index in [0.717, 1.165) is 29.7 Å². The molecule has 22 heavy (non-hydrogen) atoms. The first-order valence-electron chi connectivity index (χ1n) is 7.43. The highest BCUT2D eigenvalue weighted by atomic mass is 32.2. The molecule has 0 aliphatic rings. The van der Waals surface area contributed by atoms with E-state index in [2.05, 4.69) is 26.9 Å². The molecule has 0 saturated heterocycles. The van der Waals surface area contributed by atoms with Crippen molar-refractivity contribution in [1.82, 2.24) is 14.8 Å². The second-order valence-corrected chi connectivity index (χ2v) is 5.92. The number of carbonyl (C=O) groups excluding carboxylic acids is 1. The lowest BCUT2D eigenvalue weighted by Gasteiger charge is -2.08. The summed E-state index contributed by atoms with van der Waals surface area (Å²) in [6.45, 7) is 4.98. The van der Waals surface area contributed by atoms with E-state index in [4.69, 9.17) is 4.74 Å². The van der Waals surface area contributed by atoms with E-state index in [-0.39, 0.29) is 5.97 Å². The quantitative estimate of drug-likeness (QED) is 0.425. The molecule has 1 aromatic heterocycles. The molecule has 0 N–H and O–H groups in total. The largest absolute Gasteiger partial charge is 0.466 e. The van der Waals surface area contributed by atoms with Crippen molar-refractivity contribution >= 4 is 17.7 Å². The third kappa shape index (κ3) is 4.87. The number of benzene rings is 1. The minimum atomic E-state index is -0.134. The lowest BCUT2D eigenvalue weighted by molar-refractivity contribution is -0.143. The Morgan fingerprint density at radius 3 is 2.77 bits per heavy atom. The molecule has 0 unspecified atom stereocenters. The molecule has 0 aliphatic carbocycles. The molecule has 1 aromatic carbocycles. The van der Waals surface area contributed by atoms with Crippen LogP contribution in [0.4, 0.5) is 0 Å². The molecule has 0 amide bonds. The monoisotopic (exact) mass is 319 g/mol. The van der Waals surface area contributed by atoms with Crippen LogP contribution in [0.2, 0.25) is 0 Å². The molecule has 1 heterocycles. The Hall–Kier alpha value is -1.82. The van der Waals surface area contributed by atoms with Crippen LogP contribution < -0.4 is 0 Å². The highest BCUT2D eigenvalue weighted by molar-refractivity contribution is 7.99. The number of rotatable bonds is 8. The summed E-state index contributed by atoms with van der Waals surface area (Å²) in [6, 6.07) is 10.2. The van der Waals surface area contributed by atoms with E-state index in [9.17, 15) is 4.79 Å². The topological polar surface area (TPSA) is 57.0 Å². The van der Waals surface area contributed by atoms with Crippen LogP contribution in [-0.2, 0) is 16.1 Å². The van der Waals surface area contributed by atoms with Crippen molar-refractivity contribution in [1.29, 1.82) is 0 Å². The molecule has 2 rings (SSSR count). The maximum Gasteiger partial charge on any atom is 0.305 e. The van der Waals surface area contributed by atoms with Crippen LogP contribution in [0.15, 0.2) is 35.5 Å². The summed E-state index contributed by atoms with van der Waals surface area (Å²) in [5.41, 5.74) is 1.22. The van der Waals surface area contributed by atoms with E-state index in [1.807, 2.05) is 32.0 Å². The lowest BCUT2D eigenvalue weighted by Crippen LogP contribution is -2.05. The standard InChI is InChI=1S/C16H21N3O2S/c1-3-21-15(20)10-7-11-22-16-18-17-13(2)19(16)12-14-8-5-4-6-9-14/h4-6,8-9H,3,7,10-12H2,1-2H3. The lowest BCUT2D eigenvalue weighted by atomic mass is 10.2. The van der Waals surface area contributed by atoms with Crippen LogP contribution in [0.5, 0.6) is 0 Å². The molecule has 0 radical (unpaired) electrons. The number of carbonyl (C=O) groups is 1. The number of aryl methyl sites for hydroxylation is 1. The molecule has 0 atom stereocenters.